The van der Waals surface area contributed by atoms with Crippen molar-refractivity contribution in [3.63, 3.8) is 0 Å². The van der Waals surface area contributed by atoms with E-state index in [1.807, 2.05) is 12.1 Å². The van der Waals surface area contributed by atoms with Gasteiger partial charge in [0.15, 0.2) is 0 Å². The van der Waals surface area contributed by atoms with Crippen molar-refractivity contribution in [2.75, 3.05) is 31.2 Å². The molecule has 3 heterocycles. The molecule has 4 rings (SSSR count). The molecule has 5 heteroatoms. The summed E-state index contributed by atoms with van der Waals surface area (Å²) in [6.45, 7) is 3.67. The fourth-order valence-corrected chi connectivity index (χ4v) is 3.12. The highest BCUT2D eigenvalue weighted by atomic mass is 16.5. The monoisotopic (exact) mass is 269 g/mol. The molecule has 2 aliphatic heterocycles. The average molecular weight is 269 g/mol. The van der Waals surface area contributed by atoms with Crippen LogP contribution in [0.3, 0.4) is 0 Å². The molecule has 0 N–H and O–H groups in total. The first-order valence-corrected chi connectivity index (χ1v) is 6.88. The number of aromatic nitrogens is 2. The number of rotatable bonds is 2. The van der Waals surface area contributed by atoms with Gasteiger partial charge in [-0.2, -0.15) is 0 Å². The number of carbonyl (C=O) groups is 1. The highest BCUT2D eigenvalue weighted by Crippen LogP contribution is 2.31. The minimum absolute atomic E-state index is 0.617. The number of hydrogen-bond donors (Lipinski definition) is 0. The third-order valence-electron chi connectivity index (χ3n) is 4.25. The lowest BCUT2D eigenvalue weighted by atomic mass is 10.0. The molecule has 0 aliphatic carbocycles. The van der Waals surface area contributed by atoms with E-state index in [1.54, 1.807) is 12.3 Å². The number of anilines is 1. The predicted octanol–water partition coefficient (Wildman–Crippen LogP) is 1.52. The quantitative estimate of drug-likeness (QED) is 0.774. The molecule has 1 aromatic heterocycles. The predicted molar refractivity (Wildman–Crippen MR) is 74.9 cm³/mol. The van der Waals surface area contributed by atoms with Crippen LogP contribution in [0.1, 0.15) is 10.4 Å². The Morgan fingerprint density at radius 2 is 2.05 bits per heavy atom. The van der Waals surface area contributed by atoms with Gasteiger partial charge in [0.25, 0.3) is 0 Å². The molecule has 0 bridgehead atoms. The van der Waals surface area contributed by atoms with E-state index in [4.69, 9.17) is 4.74 Å². The Kier molecular flexibility index (Phi) is 2.67. The standard InChI is InChI=1S/C15H15N3O2/c19-7-10-1-2-14-11(3-10)4-16-15(17-14)18-5-12-8-20-9-13(12)6-18/h1-4,7,12-13H,5-6,8-9H2/t12-,13+. The van der Waals surface area contributed by atoms with E-state index in [1.165, 1.54) is 0 Å². The van der Waals surface area contributed by atoms with Crippen LogP contribution in [0, 0.1) is 11.8 Å². The molecule has 2 aliphatic rings. The summed E-state index contributed by atoms with van der Waals surface area (Å²) in [7, 11) is 0. The summed E-state index contributed by atoms with van der Waals surface area (Å²) in [6, 6.07) is 5.49. The van der Waals surface area contributed by atoms with Gasteiger partial charge in [-0.25, -0.2) is 9.97 Å². The topological polar surface area (TPSA) is 55.3 Å². The van der Waals surface area contributed by atoms with Crippen molar-refractivity contribution in [2.45, 2.75) is 0 Å². The van der Waals surface area contributed by atoms with Gasteiger partial charge in [-0.15, -0.1) is 0 Å². The Morgan fingerprint density at radius 3 is 2.80 bits per heavy atom. The molecular weight excluding hydrogens is 254 g/mol. The van der Waals surface area contributed by atoms with E-state index < -0.39 is 0 Å². The number of aldehydes is 1. The average Bonchev–Trinajstić information content (AvgIpc) is 3.07. The smallest absolute Gasteiger partial charge is 0.225 e. The Labute approximate surface area is 116 Å². The van der Waals surface area contributed by atoms with Crippen molar-refractivity contribution in [1.29, 1.82) is 0 Å². The van der Waals surface area contributed by atoms with E-state index in [0.29, 0.717) is 17.4 Å². The maximum atomic E-state index is 10.8. The molecule has 0 radical (unpaired) electrons. The molecule has 2 atom stereocenters. The largest absolute Gasteiger partial charge is 0.381 e. The first-order valence-electron chi connectivity index (χ1n) is 6.88. The van der Waals surface area contributed by atoms with Crippen LogP contribution in [0.2, 0.25) is 0 Å². The van der Waals surface area contributed by atoms with Crippen molar-refractivity contribution in [2.24, 2.45) is 11.8 Å². The first kappa shape index (κ1) is 11.8. The van der Waals surface area contributed by atoms with E-state index in [2.05, 4.69) is 14.9 Å². The fraction of sp³-hybridized carbons (Fsp3) is 0.400. The van der Waals surface area contributed by atoms with Crippen LogP contribution in [-0.4, -0.2) is 42.6 Å². The second-order valence-corrected chi connectivity index (χ2v) is 5.57. The van der Waals surface area contributed by atoms with Crippen LogP contribution >= 0.6 is 0 Å². The highest BCUT2D eigenvalue weighted by molar-refractivity contribution is 5.86. The summed E-state index contributed by atoms with van der Waals surface area (Å²) in [4.78, 5) is 22.1. The SMILES string of the molecule is O=Cc1ccc2nc(N3C[C@H]4COC[C@H]4C3)ncc2c1. The molecule has 2 aromatic rings. The fourth-order valence-electron chi connectivity index (χ4n) is 3.12. The molecule has 0 saturated carbocycles. The number of carbonyl (C=O) groups excluding carboxylic acids is 1. The maximum Gasteiger partial charge on any atom is 0.225 e. The minimum atomic E-state index is 0.617. The Hall–Kier alpha value is -2.01. The molecule has 0 amide bonds. The van der Waals surface area contributed by atoms with Crippen LogP contribution in [0.5, 0.6) is 0 Å². The van der Waals surface area contributed by atoms with Crippen molar-refractivity contribution in [3.8, 4) is 0 Å². The summed E-state index contributed by atoms with van der Waals surface area (Å²) in [5.74, 6) is 2.02. The van der Waals surface area contributed by atoms with Gasteiger partial charge in [0, 0.05) is 42.1 Å². The van der Waals surface area contributed by atoms with Gasteiger partial charge in [0.2, 0.25) is 5.95 Å². The van der Waals surface area contributed by atoms with Gasteiger partial charge in [-0.1, -0.05) is 0 Å². The maximum absolute atomic E-state index is 10.8. The van der Waals surface area contributed by atoms with Crippen LogP contribution in [-0.2, 0) is 4.74 Å². The number of hydrogen-bond acceptors (Lipinski definition) is 5. The number of fused-ring (bicyclic) bond motifs is 2. The van der Waals surface area contributed by atoms with E-state index in [0.717, 1.165) is 49.4 Å². The van der Waals surface area contributed by atoms with Crippen LogP contribution in [0.15, 0.2) is 24.4 Å². The van der Waals surface area contributed by atoms with Crippen molar-refractivity contribution < 1.29 is 9.53 Å². The van der Waals surface area contributed by atoms with Crippen molar-refractivity contribution in [3.05, 3.63) is 30.0 Å². The zero-order valence-electron chi connectivity index (χ0n) is 11.0. The zero-order valence-corrected chi connectivity index (χ0v) is 11.0. The lowest BCUT2D eigenvalue weighted by Gasteiger charge is -2.17. The van der Waals surface area contributed by atoms with E-state index in [9.17, 15) is 4.79 Å². The normalized spacial score (nSPS) is 25.1. The number of benzene rings is 1. The molecule has 2 fully saturated rings. The molecule has 2 saturated heterocycles. The second kappa shape index (κ2) is 4.52. The number of ether oxygens (including phenoxy) is 1. The lowest BCUT2D eigenvalue weighted by molar-refractivity contribution is 0.112. The molecule has 20 heavy (non-hydrogen) atoms. The molecule has 0 unspecified atom stereocenters. The zero-order chi connectivity index (χ0) is 13.5. The summed E-state index contributed by atoms with van der Waals surface area (Å²) >= 11 is 0. The molecule has 102 valence electrons. The third kappa shape index (κ3) is 1.86. The Morgan fingerprint density at radius 1 is 1.25 bits per heavy atom. The van der Waals surface area contributed by atoms with E-state index in [-0.39, 0.29) is 0 Å². The summed E-state index contributed by atoms with van der Waals surface area (Å²) < 4.78 is 5.49. The van der Waals surface area contributed by atoms with Crippen LogP contribution in [0.4, 0.5) is 5.95 Å². The molecule has 1 aromatic carbocycles. The number of nitrogens with zero attached hydrogens (tertiary/aromatic N) is 3. The van der Waals surface area contributed by atoms with Crippen molar-refractivity contribution >= 4 is 23.1 Å². The third-order valence-corrected chi connectivity index (χ3v) is 4.25. The van der Waals surface area contributed by atoms with E-state index >= 15 is 0 Å². The van der Waals surface area contributed by atoms with Gasteiger partial charge < -0.3 is 9.64 Å². The molecule has 0 spiro atoms. The highest BCUT2D eigenvalue weighted by Gasteiger charge is 2.38. The Bertz CT molecular complexity index is 661. The lowest BCUT2D eigenvalue weighted by Crippen LogP contribution is -2.24. The molecule has 5 nitrogen and oxygen atoms in total. The molecular formula is C15H15N3O2. The van der Waals surface area contributed by atoms with Gasteiger partial charge in [-0.05, 0) is 18.2 Å². The van der Waals surface area contributed by atoms with Gasteiger partial charge in [-0.3, -0.25) is 4.79 Å². The van der Waals surface area contributed by atoms with Crippen LogP contribution in [0.25, 0.3) is 10.9 Å². The van der Waals surface area contributed by atoms with Gasteiger partial charge in [0.05, 0.1) is 18.7 Å². The van der Waals surface area contributed by atoms with Crippen molar-refractivity contribution in [1.82, 2.24) is 9.97 Å². The minimum Gasteiger partial charge on any atom is -0.381 e. The summed E-state index contributed by atoms with van der Waals surface area (Å²) in [5.41, 5.74) is 1.54. The second-order valence-electron chi connectivity index (χ2n) is 5.57. The Balaban J connectivity index is 1.66. The van der Waals surface area contributed by atoms with Crippen LogP contribution < -0.4 is 4.90 Å². The summed E-state index contributed by atoms with van der Waals surface area (Å²) in [6.07, 6.45) is 2.64. The van der Waals surface area contributed by atoms with Gasteiger partial charge in [0.1, 0.15) is 6.29 Å². The summed E-state index contributed by atoms with van der Waals surface area (Å²) in [5, 5.41) is 0.904. The van der Waals surface area contributed by atoms with Gasteiger partial charge >= 0.3 is 0 Å². The first-order chi connectivity index (χ1) is 9.83.